The van der Waals surface area contributed by atoms with Crippen molar-refractivity contribution in [3.63, 3.8) is 0 Å². The van der Waals surface area contributed by atoms with E-state index in [1.807, 2.05) is 0 Å². The zero-order chi connectivity index (χ0) is 17.0. The second-order valence-corrected chi connectivity index (χ2v) is 9.10. The number of carbonyl (C=O) groups is 2. The molecule has 1 aliphatic rings. The standard InChI is InChI=1S/C18H34N2O2/c1-17(2,3)11-15(21)13-19-7-9-20(10-8-19)14-16(22)12-18(4,5)6/h7-14H2,1-6H3. The van der Waals surface area contributed by atoms with Crippen LogP contribution >= 0.6 is 0 Å². The maximum Gasteiger partial charge on any atom is 0.147 e. The Hall–Kier alpha value is -0.740. The molecule has 0 amide bonds. The Morgan fingerprint density at radius 3 is 1.18 bits per heavy atom. The van der Waals surface area contributed by atoms with Gasteiger partial charge in [0.25, 0.3) is 0 Å². The molecule has 1 rings (SSSR count). The highest BCUT2D eigenvalue weighted by atomic mass is 16.1. The average Bonchev–Trinajstić information content (AvgIpc) is 2.26. The molecule has 0 unspecified atom stereocenters. The Bertz CT molecular complexity index is 345. The molecule has 0 aromatic heterocycles. The van der Waals surface area contributed by atoms with E-state index in [4.69, 9.17) is 0 Å². The molecule has 0 spiro atoms. The molecular weight excluding hydrogens is 276 g/mol. The summed E-state index contributed by atoms with van der Waals surface area (Å²) >= 11 is 0. The Kier molecular flexibility index (Phi) is 6.75. The number of nitrogens with zero attached hydrogens (tertiary/aromatic N) is 2. The predicted octanol–water partition coefficient (Wildman–Crippen LogP) is 2.61. The molecule has 0 bridgehead atoms. The van der Waals surface area contributed by atoms with Crippen LogP contribution in [-0.4, -0.2) is 60.6 Å². The largest absolute Gasteiger partial charge is 0.298 e. The molecule has 0 aromatic carbocycles. The van der Waals surface area contributed by atoms with E-state index < -0.39 is 0 Å². The van der Waals surface area contributed by atoms with Gasteiger partial charge in [-0.15, -0.1) is 0 Å². The van der Waals surface area contributed by atoms with E-state index in [2.05, 4.69) is 51.3 Å². The molecule has 128 valence electrons. The molecule has 22 heavy (non-hydrogen) atoms. The van der Waals surface area contributed by atoms with Crippen molar-refractivity contribution in [2.75, 3.05) is 39.3 Å². The first-order valence-corrected chi connectivity index (χ1v) is 8.43. The zero-order valence-corrected chi connectivity index (χ0v) is 15.4. The lowest BCUT2D eigenvalue weighted by Gasteiger charge is -2.34. The molecule has 0 radical (unpaired) electrons. The Morgan fingerprint density at radius 1 is 0.682 bits per heavy atom. The summed E-state index contributed by atoms with van der Waals surface area (Å²) in [4.78, 5) is 28.5. The van der Waals surface area contributed by atoms with Crippen LogP contribution in [0.15, 0.2) is 0 Å². The van der Waals surface area contributed by atoms with Crippen molar-refractivity contribution in [2.45, 2.75) is 54.4 Å². The Morgan fingerprint density at radius 2 is 0.955 bits per heavy atom. The van der Waals surface area contributed by atoms with Crippen molar-refractivity contribution < 1.29 is 9.59 Å². The first-order chi connectivity index (χ1) is 9.94. The third-order valence-electron chi connectivity index (χ3n) is 3.72. The van der Waals surface area contributed by atoms with Crippen molar-refractivity contribution >= 4 is 11.6 Å². The van der Waals surface area contributed by atoms with Gasteiger partial charge in [0, 0.05) is 39.0 Å². The van der Waals surface area contributed by atoms with Crippen LogP contribution in [0.4, 0.5) is 0 Å². The van der Waals surface area contributed by atoms with Crippen LogP contribution in [0.2, 0.25) is 0 Å². The van der Waals surface area contributed by atoms with Crippen molar-refractivity contribution in [3.05, 3.63) is 0 Å². The van der Waals surface area contributed by atoms with Crippen LogP contribution in [0.1, 0.15) is 54.4 Å². The van der Waals surface area contributed by atoms with Gasteiger partial charge >= 0.3 is 0 Å². The zero-order valence-electron chi connectivity index (χ0n) is 15.4. The summed E-state index contributed by atoms with van der Waals surface area (Å²) in [5, 5.41) is 0. The Labute approximate surface area is 136 Å². The fourth-order valence-corrected chi connectivity index (χ4v) is 2.90. The third-order valence-corrected chi connectivity index (χ3v) is 3.72. The second-order valence-electron chi connectivity index (χ2n) is 9.10. The molecule has 0 atom stereocenters. The summed E-state index contributed by atoms with van der Waals surface area (Å²) in [6.45, 7) is 17.3. The summed E-state index contributed by atoms with van der Waals surface area (Å²) in [6, 6.07) is 0. The monoisotopic (exact) mass is 310 g/mol. The summed E-state index contributed by atoms with van der Waals surface area (Å²) in [5.41, 5.74) is 0.135. The minimum Gasteiger partial charge on any atom is -0.298 e. The van der Waals surface area contributed by atoms with Gasteiger partial charge in [0.2, 0.25) is 0 Å². The molecule has 0 N–H and O–H groups in total. The topological polar surface area (TPSA) is 40.6 Å². The van der Waals surface area contributed by atoms with E-state index in [0.717, 1.165) is 26.2 Å². The number of carbonyl (C=O) groups excluding carboxylic acids is 2. The highest BCUT2D eigenvalue weighted by Gasteiger charge is 2.24. The number of hydrogen-bond acceptors (Lipinski definition) is 4. The third kappa shape index (κ3) is 8.64. The van der Waals surface area contributed by atoms with Gasteiger partial charge in [-0.1, -0.05) is 41.5 Å². The van der Waals surface area contributed by atoms with Gasteiger partial charge in [0.15, 0.2) is 0 Å². The maximum absolute atomic E-state index is 12.0. The highest BCUT2D eigenvalue weighted by molar-refractivity contribution is 5.81. The quantitative estimate of drug-likeness (QED) is 0.756. The molecule has 1 fully saturated rings. The first kappa shape index (κ1) is 19.3. The van der Waals surface area contributed by atoms with Gasteiger partial charge in [-0.05, 0) is 10.8 Å². The fourth-order valence-electron chi connectivity index (χ4n) is 2.90. The van der Waals surface area contributed by atoms with Gasteiger partial charge in [-0.3, -0.25) is 19.4 Å². The summed E-state index contributed by atoms with van der Waals surface area (Å²) in [7, 11) is 0. The van der Waals surface area contributed by atoms with Crippen molar-refractivity contribution in [1.82, 2.24) is 9.80 Å². The summed E-state index contributed by atoms with van der Waals surface area (Å²) < 4.78 is 0. The number of Topliss-reactive ketones (excluding diaryl/α,β-unsaturated/α-hetero) is 2. The van der Waals surface area contributed by atoms with Crippen LogP contribution in [0.3, 0.4) is 0 Å². The van der Waals surface area contributed by atoms with Gasteiger partial charge in [0.1, 0.15) is 11.6 Å². The van der Waals surface area contributed by atoms with E-state index in [0.29, 0.717) is 37.5 Å². The SMILES string of the molecule is CC(C)(C)CC(=O)CN1CCN(CC(=O)CC(C)(C)C)CC1. The molecule has 1 saturated heterocycles. The minimum absolute atomic E-state index is 0.0677. The van der Waals surface area contributed by atoms with Crippen molar-refractivity contribution in [3.8, 4) is 0 Å². The minimum atomic E-state index is 0.0677. The normalized spacial score (nSPS) is 18.5. The number of piperazine rings is 1. The number of hydrogen-bond donors (Lipinski definition) is 0. The summed E-state index contributed by atoms with van der Waals surface area (Å²) in [5.74, 6) is 0.648. The van der Waals surface area contributed by atoms with Gasteiger partial charge in [-0.25, -0.2) is 0 Å². The van der Waals surface area contributed by atoms with Crippen LogP contribution < -0.4 is 0 Å². The van der Waals surface area contributed by atoms with Crippen molar-refractivity contribution in [1.29, 1.82) is 0 Å². The molecular formula is C18H34N2O2. The van der Waals surface area contributed by atoms with Crippen LogP contribution in [0.5, 0.6) is 0 Å². The predicted molar refractivity (Wildman–Crippen MR) is 91.0 cm³/mol. The second kappa shape index (κ2) is 7.69. The van der Waals surface area contributed by atoms with E-state index >= 15 is 0 Å². The summed E-state index contributed by atoms with van der Waals surface area (Å²) in [6.07, 6.45) is 1.27. The average molecular weight is 310 g/mol. The lowest BCUT2D eigenvalue weighted by molar-refractivity contribution is -0.124. The molecule has 4 heteroatoms. The van der Waals surface area contributed by atoms with E-state index in [1.54, 1.807) is 0 Å². The van der Waals surface area contributed by atoms with E-state index in [9.17, 15) is 9.59 Å². The van der Waals surface area contributed by atoms with Gasteiger partial charge in [-0.2, -0.15) is 0 Å². The molecule has 4 nitrogen and oxygen atoms in total. The highest BCUT2D eigenvalue weighted by Crippen LogP contribution is 2.20. The van der Waals surface area contributed by atoms with E-state index in [-0.39, 0.29) is 10.8 Å². The molecule has 0 aromatic rings. The smallest absolute Gasteiger partial charge is 0.147 e. The fraction of sp³-hybridized carbons (Fsp3) is 0.889. The first-order valence-electron chi connectivity index (χ1n) is 8.43. The lowest BCUT2D eigenvalue weighted by atomic mass is 9.89. The number of ketones is 2. The molecule has 0 saturated carbocycles. The van der Waals surface area contributed by atoms with E-state index in [1.165, 1.54) is 0 Å². The van der Waals surface area contributed by atoms with Crippen LogP contribution in [0, 0.1) is 10.8 Å². The van der Waals surface area contributed by atoms with Gasteiger partial charge < -0.3 is 0 Å². The van der Waals surface area contributed by atoms with Gasteiger partial charge in [0.05, 0.1) is 13.1 Å². The molecule has 1 heterocycles. The maximum atomic E-state index is 12.0. The van der Waals surface area contributed by atoms with Crippen LogP contribution in [0.25, 0.3) is 0 Å². The van der Waals surface area contributed by atoms with Crippen LogP contribution in [-0.2, 0) is 9.59 Å². The number of rotatable bonds is 6. The Balaban J connectivity index is 2.29. The molecule has 1 aliphatic heterocycles. The lowest BCUT2D eigenvalue weighted by Crippen LogP contribution is -2.49. The molecule has 0 aliphatic carbocycles. The van der Waals surface area contributed by atoms with Crippen molar-refractivity contribution in [2.24, 2.45) is 10.8 Å².